The van der Waals surface area contributed by atoms with Gasteiger partial charge in [0.25, 0.3) is 0 Å². The Bertz CT molecular complexity index is 861. The van der Waals surface area contributed by atoms with Crippen LogP contribution in [0.3, 0.4) is 0 Å². The van der Waals surface area contributed by atoms with E-state index in [1.807, 2.05) is 55.5 Å². The van der Waals surface area contributed by atoms with Gasteiger partial charge in [-0.05, 0) is 35.0 Å². The van der Waals surface area contributed by atoms with Crippen LogP contribution in [0.4, 0.5) is 5.82 Å². The maximum absolute atomic E-state index is 9.58. The van der Waals surface area contributed by atoms with Gasteiger partial charge in [-0.1, -0.05) is 36.4 Å². The minimum Gasteiger partial charge on any atom is -0.339 e. The molecule has 0 amide bonds. The Hall–Kier alpha value is -3.53. The zero-order valence-corrected chi connectivity index (χ0v) is 12.4. The van der Waals surface area contributed by atoms with E-state index >= 15 is 0 Å². The molecule has 3 aromatic rings. The van der Waals surface area contributed by atoms with Gasteiger partial charge in [-0.2, -0.15) is 5.26 Å². The van der Waals surface area contributed by atoms with Crippen LogP contribution in [0.15, 0.2) is 48.5 Å². The zero-order valence-electron chi connectivity index (χ0n) is 12.4. The number of hydrogen-bond donors (Lipinski definition) is 2. The fourth-order valence-corrected chi connectivity index (χ4v) is 2.12. The number of aromatic nitrogens is 5. The van der Waals surface area contributed by atoms with Crippen LogP contribution in [-0.2, 0) is 0 Å². The molecule has 2 N–H and O–H groups in total. The number of aromatic amines is 1. The van der Waals surface area contributed by atoms with Gasteiger partial charge in [0.2, 0.25) is 0 Å². The maximum Gasteiger partial charge on any atom is 0.192 e. The zero-order chi connectivity index (χ0) is 16.1. The number of nitrogens with one attached hydrogen (secondary N) is 2. The molecule has 2 heterocycles. The Morgan fingerprint density at radius 3 is 2.61 bits per heavy atom. The van der Waals surface area contributed by atoms with Crippen LogP contribution in [0.1, 0.15) is 17.1 Å². The van der Waals surface area contributed by atoms with Crippen molar-refractivity contribution in [2.45, 2.75) is 6.92 Å². The molecule has 23 heavy (non-hydrogen) atoms. The molecule has 7 heteroatoms. The van der Waals surface area contributed by atoms with E-state index in [0.29, 0.717) is 22.9 Å². The summed E-state index contributed by atoms with van der Waals surface area (Å²) in [6, 6.07) is 17.3. The molecule has 0 unspecified atom stereocenters. The van der Waals surface area contributed by atoms with Crippen LogP contribution in [-0.4, -0.2) is 25.6 Å². The van der Waals surface area contributed by atoms with Crippen LogP contribution in [0.5, 0.6) is 0 Å². The summed E-state index contributed by atoms with van der Waals surface area (Å²) in [6.07, 6.45) is 0. The minimum absolute atomic E-state index is 0.298. The topological polar surface area (TPSA) is 103 Å². The van der Waals surface area contributed by atoms with Gasteiger partial charge in [0.15, 0.2) is 5.82 Å². The predicted octanol–water partition coefficient (Wildman–Crippen LogP) is 2.41. The predicted molar refractivity (Wildman–Crippen MR) is 85.6 cm³/mol. The van der Waals surface area contributed by atoms with Gasteiger partial charge in [-0.25, -0.2) is 10.1 Å². The molecule has 0 aliphatic heterocycles. The van der Waals surface area contributed by atoms with E-state index in [1.54, 1.807) is 0 Å². The molecule has 2 aromatic heterocycles. The molecule has 1 aromatic carbocycles. The largest absolute Gasteiger partial charge is 0.339 e. The highest BCUT2D eigenvalue weighted by atomic mass is 15.5. The Kier molecular flexibility index (Phi) is 4.07. The Morgan fingerprint density at radius 1 is 1.13 bits per heavy atom. The van der Waals surface area contributed by atoms with Gasteiger partial charge < -0.3 is 5.32 Å². The molecule has 0 saturated carbocycles. The standard InChI is InChI=1S/C16H13N7/c1-11-6-5-9-14(18-11)19-15(12-7-3-2-4-8-12)13(10-17)16-20-22-23-21-16/h2-9H,1H3,(H,18,19)(H,20,21,22,23). The smallest absolute Gasteiger partial charge is 0.192 e. The first-order chi connectivity index (χ1) is 11.3. The van der Waals surface area contributed by atoms with Crippen molar-refractivity contribution < 1.29 is 0 Å². The Labute approximate surface area is 132 Å². The summed E-state index contributed by atoms with van der Waals surface area (Å²) in [5.74, 6) is 0.940. The summed E-state index contributed by atoms with van der Waals surface area (Å²) in [6.45, 7) is 1.91. The van der Waals surface area contributed by atoms with Crippen LogP contribution in [0, 0.1) is 18.3 Å². The third-order valence-electron chi connectivity index (χ3n) is 3.15. The number of benzene rings is 1. The highest BCUT2D eigenvalue weighted by molar-refractivity contribution is 5.99. The lowest BCUT2D eigenvalue weighted by Gasteiger charge is -2.12. The van der Waals surface area contributed by atoms with Crippen molar-refractivity contribution in [2.75, 3.05) is 5.32 Å². The number of hydrogen-bond acceptors (Lipinski definition) is 6. The highest BCUT2D eigenvalue weighted by Gasteiger charge is 2.15. The highest BCUT2D eigenvalue weighted by Crippen LogP contribution is 2.25. The number of rotatable bonds is 4. The van der Waals surface area contributed by atoms with Crippen molar-refractivity contribution in [3.8, 4) is 6.07 Å². The summed E-state index contributed by atoms with van der Waals surface area (Å²) < 4.78 is 0. The van der Waals surface area contributed by atoms with E-state index in [-0.39, 0.29) is 0 Å². The van der Waals surface area contributed by atoms with Crippen LogP contribution < -0.4 is 5.32 Å². The van der Waals surface area contributed by atoms with Gasteiger partial charge in [-0.15, -0.1) is 5.10 Å². The second-order valence-corrected chi connectivity index (χ2v) is 4.77. The molecule has 0 aliphatic carbocycles. The van der Waals surface area contributed by atoms with E-state index in [0.717, 1.165) is 11.3 Å². The summed E-state index contributed by atoms with van der Waals surface area (Å²) >= 11 is 0. The summed E-state index contributed by atoms with van der Waals surface area (Å²) in [5, 5.41) is 26.3. The second kappa shape index (κ2) is 6.49. The monoisotopic (exact) mass is 303 g/mol. The lowest BCUT2D eigenvalue weighted by atomic mass is 10.1. The summed E-state index contributed by atoms with van der Waals surface area (Å²) in [4.78, 5) is 4.42. The van der Waals surface area contributed by atoms with E-state index in [2.05, 4.69) is 37.0 Å². The average molecular weight is 303 g/mol. The summed E-state index contributed by atoms with van der Waals surface area (Å²) in [5.41, 5.74) is 2.61. The minimum atomic E-state index is 0.298. The first kappa shape index (κ1) is 14.4. The first-order valence-corrected chi connectivity index (χ1v) is 6.92. The SMILES string of the molecule is Cc1cccc(NC(=C(C#N)c2nnn[nH]2)c2ccccc2)n1. The second-order valence-electron chi connectivity index (χ2n) is 4.77. The molecule has 0 aliphatic rings. The van der Waals surface area contributed by atoms with Gasteiger partial charge in [0.05, 0.1) is 5.70 Å². The van der Waals surface area contributed by atoms with Gasteiger partial charge >= 0.3 is 0 Å². The lowest BCUT2D eigenvalue weighted by molar-refractivity contribution is 0.881. The van der Waals surface area contributed by atoms with Crippen molar-refractivity contribution >= 4 is 17.1 Å². The Balaban J connectivity index is 2.13. The quantitative estimate of drug-likeness (QED) is 0.717. The van der Waals surface area contributed by atoms with Crippen molar-refractivity contribution in [1.29, 1.82) is 5.26 Å². The number of nitriles is 1. The normalized spacial score (nSPS) is 11.5. The van der Waals surface area contributed by atoms with E-state index in [9.17, 15) is 5.26 Å². The van der Waals surface area contributed by atoms with Crippen LogP contribution in [0.2, 0.25) is 0 Å². The van der Waals surface area contributed by atoms with E-state index < -0.39 is 0 Å². The average Bonchev–Trinajstić information content (AvgIpc) is 3.10. The van der Waals surface area contributed by atoms with Gasteiger partial charge in [-0.3, -0.25) is 0 Å². The number of nitrogens with zero attached hydrogens (tertiary/aromatic N) is 5. The lowest BCUT2D eigenvalue weighted by Crippen LogP contribution is -2.05. The number of aryl methyl sites for hydroxylation is 1. The third kappa shape index (κ3) is 3.22. The molecular weight excluding hydrogens is 290 g/mol. The van der Waals surface area contributed by atoms with E-state index in [4.69, 9.17) is 0 Å². The Morgan fingerprint density at radius 2 is 1.96 bits per heavy atom. The van der Waals surface area contributed by atoms with Crippen molar-refractivity contribution in [3.63, 3.8) is 0 Å². The van der Waals surface area contributed by atoms with Gasteiger partial charge in [0, 0.05) is 5.69 Å². The summed E-state index contributed by atoms with van der Waals surface area (Å²) in [7, 11) is 0. The number of H-pyrrole nitrogens is 1. The first-order valence-electron chi connectivity index (χ1n) is 6.92. The number of allylic oxidation sites excluding steroid dienone is 1. The van der Waals surface area contributed by atoms with Gasteiger partial charge in [0.1, 0.15) is 17.5 Å². The molecule has 0 saturated heterocycles. The van der Waals surface area contributed by atoms with Crippen molar-refractivity contribution in [1.82, 2.24) is 25.6 Å². The van der Waals surface area contributed by atoms with Crippen molar-refractivity contribution in [2.24, 2.45) is 0 Å². The molecular formula is C16H13N7. The van der Waals surface area contributed by atoms with Crippen LogP contribution >= 0.6 is 0 Å². The molecule has 0 radical (unpaired) electrons. The van der Waals surface area contributed by atoms with Crippen molar-refractivity contribution in [3.05, 3.63) is 65.6 Å². The number of pyridine rings is 1. The fourth-order valence-electron chi connectivity index (χ4n) is 2.12. The molecule has 0 atom stereocenters. The third-order valence-corrected chi connectivity index (χ3v) is 3.15. The fraction of sp³-hybridized carbons (Fsp3) is 0.0625. The van der Waals surface area contributed by atoms with E-state index in [1.165, 1.54) is 0 Å². The molecule has 3 rings (SSSR count). The number of anilines is 1. The molecule has 0 spiro atoms. The number of tetrazole rings is 1. The molecule has 7 nitrogen and oxygen atoms in total. The molecule has 0 fully saturated rings. The molecule has 0 bridgehead atoms. The molecule has 112 valence electrons. The van der Waals surface area contributed by atoms with Crippen LogP contribution in [0.25, 0.3) is 11.3 Å². The maximum atomic E-state index is 9.58.